The molecule has 1 N–H and O–H groups in total. The standard InChI is InChI=1S/C15H19NS/c1-4-15(16-3)13-7-5-12(6-8-13)14-9-11(2)17-10-14/h5-10,15-16H,4H2,1-3H3. The Morgan fingerprint density at radius 2 is 1.88 bits per heavy atom. The molecular formula is C15H19NS. The summed E-state index contributed by atoms with van der Waals surface area (Å²) >= 11 is 1.81. The maximum Gasteiger partial charge on any atom is 0.0314 e. The minimum atomic E-state index is 0.466. The second-order valence-electron chi connectivity index (χ2n) is 4.32. The van der Waals surface area contributed by atoms with E-state index < -0.39 is 0 Å². The van der Waals surface area contributed by atoms with Crippen molar-refractivity contribution < 1.29 is 0 Å². The number of thiophene rings is 1. The van der Waals surface area contributed by atoms with Crippen LogP contribution in [0.2, 0.25) is 0 Å². The van der Waals surface area contributed by atoms with Crippen molar-refractivity contribution in [3.8, 4) is 11.1 Å². The molecule has 0 amide bonds. The van der Waals surface area contributed by atoms with Gasteiger partial charge in [-0.1, -0.05) is 31.2 Å². The minimum absolute atomic E-state index is 0.466. The van der Waals surface area contributed by atoms with Crippen molar-refractivity contribution in [2.45, 2.75) is 26.3 Å². The van der Waals surface area contributed by atoms with Crippen LogP contribution in [0, 0.1) is 6.92 Å². The lowest BCUT2D eigenvalue weighted by Crippen LogP contribution is -2.14. The highest BCUT2D eigenvalue weighted by Gasteiger charge is 2.06. The largest absolute Gasteiger partial charge is 0.313 e. The molecule has 0 saturated carbocycles. The first kappa shape index (κ1) is 12.3. The quantitative estimate of drug-likeness (QED) is 0.842. The van der Waals surface area contributed by atoms with Gasteiger partial charge in [-0.15, -0.1) is 11.3 Å². The van der Waals surface area contributed by atoms with E-state index in [4.69, 9.17) is 0 Å². The summed E-state index contributed by atoms with van der Waals surface area (Å²) < 4.78 is 0. The second kappa shape index (κ2) is 5.48. The molecule has 1 unspecified atom stereocenters. The molecule has 0 spiro atoms. The number of nitrogens with one attached hydrogen (secondary N) is 1. The summed E-state index contributed by atoms with van der Waals surface area (Å²) in [6.45, 7) is 4.36. The molecule has 0 saturated heterocycles. The Morgan fingerprint density at radius 3 is 2.35 bits per heavy atom. The molecule has 90 valence electrons. The van der Waals surface area contributed by atoms with Gasteiger partial charge in [0.2, 0.25) is 0 Å². The third-order valence-corrected chi connectivity index (χ3v) is 4.00. The summed E-state index contributed by atoms with van der Waals surface area (Å²) in [4.78, 5) is 1.37. The molecule has 1 heterocycles. The zero-order chi connectivity index (χ0) is 12.3. The highest BCUT2D eigenvalue weighted by molar-refractivity contribution is 7.10. The predicted octanol–water partition coefficient (Wildman–Crippen LogP) is 4.39. The highest BCUT2D eigenvalue weighted by Crippen LogP contribution is 2.26. The predicted molar refractivity (Wildman–Crippen MR) is 76.6 cm³/mol. The minimum Gasteiger partial charge on any atom is -0.313 e. The Kier molecular flexibility index (Phi) is 3.97. The van der Waals surface area contributed by atoms with Crippen LogP contribution in [0.25, 0.3) is 11.1 Å². The third-order valence-electron chi connectivity index (χ3n) is 3.13. The van der Waals surface area contributed by atoms with Crippen LogP contribution in [0.5, 0.6) is 0 Å². The lowest BCUT2D eigenvalue weighted by molar-refractivity contribution is 0.577. The van der Waals surface area contributed by atoms with Gasteiger partial charge >= 0.3 is 0 Å². The van der Waals surface area contributed by atoms with Crippen molar-refractivity contribution in [3.63, 3.8) is 0 Å². The van der Waals surface area contributed by atoms with Crippen molar-refractivity contribution in [3.05, 3.63) is 46.2 Å². The highest BCUT2D eigenvalue weighted by atomic mass is 32.1. The van der Waals surface area contributed by atoms with Crippen LogP contribution in [-0.4, -0.2) is 7.05 Å². The van der Waals surface area contributed by atoms with Crippen molar-refractivity contribution in [2.75, 3.05) is 7.05 Å². The van der Waals surface area contributed by atoms with Gasteiger partial charge < -0.3 is 5.32 Å². The van der Waals surface area contributed by atoms with E-state index in [1.54, 1.807) is 11.3 Å². The summed E-state index contributed by atoms with van der Waals surface area (Å²) in [5.41, 5.74) is 4.01. The number of rotatable bonds is 4. The fourth-order valence-corrected chi connectivity index (χ4v) is 2.82. The molecule has 2 rings (SSSR count). The molecule has 0 bridgehead atoms. The molecule has 2 aromatic rings. The summed E-state index contributed by atoms with van der Waals surface area (Å²) in [6, 6.07) is 11.6. The molecule has 0 fully saturated rings. The van der Waals surface area contributed by atoms with Crippen LogP contribution in [0.3, 0.4) is 0 Å². The number of hydrogen-bond donors (Lipinski definition) is 1. The molecule has 1 nitrogen and oxygen atoms in total. The lowest BCUT2D eigenvalue weighted by Gasteiger charge is -2.14. The number of benzene rings is 1. The molecule has 0 aliphatic heterocycles. The summed E-state index contributed by atoms with van der Waals surface area (Å²) in [5.74, 6) is 0. The topological polar surface area (TPSA) is 12.0 Å². The molecule has 0 radical (unpaired) electrons. The molecule has 0 aliphatic carbocycles. The zero-order valence-corrected chi connectivity index (χ0v) is 11.5. The van der Waals surface area contributed by atoms with E-state index in [-0.39, 0.29) is 0 Å². The number of hydrogen-bond acceptors (Lipinski definition) is 2. The van der Waals surface area contributed by atoms with Gasteiger partial charge in [-0.25, -0.2) is 0 Å². The first-order valence-corrected chi connectivity index (χ1v) is 6.95. The molecule has 2 heteroatoms. The molecular weight excluding hydrogens is 226 g/mol. The monoisotopic (exact) mass is 245 g/mol. The Hall–Kier alpha value is -1.12. The van der Waals surface area contributed by atoms with Crippen molar-refractivity contribution in [2.24, 2.45) is 0 Å². The van der Waals surface area contributed by atoms with E-state index in [0.717, 1.165) is 6.42 Å². The first-order valence-electron chi connectivity index (χ1n) is 6.07. The SMILES string of the molecule is CCC(NC)c1ccc(-c2csc(C)c2)cc1. The molecule has 1 aromatic heterocycles. The second-order valence-corrected chi connectivity index (χ2v) is 5.43. The van der Waals surface area contributed by atoms with Crippen LogP contribution in [0.1, 0.15) is 29.8 Å². The van der Waals surface area contributed by atoms with E-state index in [0.29, 0.717) is 6.04 Å². The zero-order valence-electron chi connectivity index (χ0n) is 10.7. The van der Waals surface area contributed by atoms with Crippen LogP contribution >= 0.6 is 11.3 Å². The lowest BCUT2D eigenvalue weighted by atomic mass is 10.0. The van der Waals surface area contributed by atoms with E-state index >= 15 is 0 Å². The van der Waals surface area contributed by atoms with Crippen molar-refractivity contribution >= 4 is 11.3 Å². The van der Waals surface area contributed by atoms with Crippen LogP contribution in [-0.2, 0) is 0 Å². The van der Waals surface area contributed by atoms with Crippen LogP contribution in [0.4, 0.5) is 0 Å². The van der Waals surface area contributed by atoms with Crippen LogP contribution < -0.4 is 5.32 Å². The van der Waals surface area contributed by atoms with Gasteiger partial charge in [0.05, 0.1) is 0 Å². The Morgan fingerprint density at radius 1 is 1.18 bits per heavy atom. The number of aryl methyl sites for hydroxylation is 1. The Bertz CT molecular complexity index is 466. The molecule has 1 atom stereocenters. The van der Waals surface area contributed by atoms with Gasteiger partial charge in [-0.3, -0.25) is 0 Å². The Labute approximate surface area is 108 Å². The molecule has 0 aliphatic rings. The fourth-order valence-electron chi connectivity index (χ4n) is 2.11. The third kappa shape index (κ3) is 2.76. The fraction of sp³-hybridized carbons (Fsp3) is 0.333. The smallest absolute Gasteiger partial charge is 0.0314 e. The van der Waals surface area contributed by atoms with Gasteiger partial charge in [-0.05, 0) is 48.5 Å². The van der Waals surface area contributed by atoms with Gasteiger partial charge in [0.15, 0.2) is 0 Å². The van der Waals surface area contributed by atoms with Crippen molar-refractivity contribution in [1.29, 1.82) is 0 Å². The van der Waals surface area contributed by atoms with Gasteiger partial charge in [0, 0.05) is 10.9 Å². The summed E-state index contributed by atoms with van der Waals surface area (Å²) in [6.07, 6.45) is 1.12. The molecule has 17 heavy (non-hydrogen) atoms. The van der Waals surface area contributed by atoms with Gasteiger partial charge in [-0.2, -0.15) is 0 Å². The van der Waals surface area contributed by atoms with Crippen molar-refractivity contribution in [1.82, 2.24) is 5.32 Å². The average Bonchev–Trinajstić information content (AvgIpc) is 2.78. The maximum absolute atomic E-state index is 3.33. The van der Waals surface area contributed by atoms with Gasteiger partial charge in [0.25, 0.3) is 0 Å². The summed E-state index contributed by atoms with van der Waals surface area (Å²) in [7, 11) is 2.02. The van der Waals surface area contributed by atoms with E-state index in [2.05, 4.69) is 54.9 Å². The van der Waals surface area contributed by atoms with Crippen LogP contribution in [0.15, 0.2) is 35.7 Å². The molecule has 1 aromatic carbocycles. The first-order chi connectivity index (χ1) is 8.24. The maximum atomic E-state index is 3.33. The van der Waals surface area contributed by atoms with Gasteiger partial charge in [0.1, 0.15) is 0 Å². The normalized spacial score (nSPS) is 12.6. The summed E-state index contributed by atoms with van der Waals surface area (Å²) in [5, 5.41) is 5.56. The average molecular weight is 245 g/mol. The van der Waals surface area contributed by atoms with E-state index in [9.17, 15) is 0 Å². The van der Waals surface area contributed by atoms with E-state index in [1.807, 2.05) is 7.05 Å². The van der Waals surface area contributed by atoms with E-state index in [1.165, 1.54) is 21.6 Å². The Balaban J connectivity index is 2.23.